The molecule has 31 heavy (non-hydrogen) atoms. The standard InChI is InChI=1S/C22H22F4N2O3/c1-21-10-14(9-17(22(24,25)26)19(21)31-15(11-21)12-27)13-2-3-18(23)16(8-13)20(29)28-4-6-30-7-5-28/h2-3,8-9,11H,4-7,10,12,27H2,1H3. The molecule has 1 amide bonds. The molecule has 2 heterocycles. The van der Waals surface area contributed by atoms with Crippen LogP contribution >= 0.6 is 0 Å². The summed E-state index contributed by atoms with van der Waals surface area (Å²) in [6.45, 7) is 3.00. The molecule has 0 spiro atoms. The van der Waals surface area contributed by atoms with Crippen LogP contribution in [0.1, 0.15) is 29.3 Å². The molecule has 9 heteroatoms. The minimum absolute atomic E-state index is 0.0195. The van der Waals surface area contributed by atoms with Crippen LogP contribution in [0.4, 0.5) is 17.6 Å². The molecule has 1 unspecified atom stereocenters. The van der Waals surface area contributed by atoms with E-state index in [2.05, 4.69) is 0 Å². The third-order valence-electron chi connectivity index (χ3n) is 5.72. The van der Waals surface area contributed by atoms with E-state index in [0.717, 1.165) is 12.1 Å². The zero-order valence-electron chi connectivity index (χ0n) is 16.9. The van der Waals surface area contributed by atoms with Crippen molar-refractivity contribution < 1.29 is 31.8 Å². The summed E-state index contributed by atoms with van der Waals surface area (Å²) in [6, 6.07) is 3.83. The van der Waals surface area contributed by atoms with Crippen molar-refractivity contribution >= 4 is 11.5 Å². The van der Waals surface area contributed by atoms with E-state index in [0.29, 0.717) is 37.4 Å². The highest BCUT2D eigenvalue weighted by atomic mass is 19.4. The van der Waals surface area contributed by atoms with Gasteiger partial charge in [-0.1, -0.05) is 6.07 Å². The highest BCUT2D eigenvalue weighted by Crippen LogP contribution is 2.52. The lowest BCUT2D eigenvalue weighted by Gasteiger charge is -2.31. The Bertz CT molecular complexity index is 1010. The van der Waals surface area contributed by atoms with Gasteiger partial charge < -0.3 is 20.1 Å². The molecule has 166 valence electrons. The van der Waals surface area contributed by atoms with Crippen LogP contribution in [0.25, 0.3) is 5.57 Å². The van der Waals surface area contributed by atoms with Crippen molar-refractivity contribution in [2.45, 2.75) is 19.5 Å². The van der Waals surface area contributed by atoms with E-state index >= 15 is 0 Å². The Labute approximate surface area is 176 Å². The minimum atomic E-state index is -4.65. The predicted octanol–water partition coefficient (Wildman–Crippen LogP) is 3.78. The van der Waals surface area contributed by atoms with Crippen molar-refractivity contribution in [3.05, 3.63) is 64.4 Å². The summed E-state index contributed by atoms with van der Waals surface area (Å²) in [5, 5.41) is 0. The number of allylic oxidation sites excluding steroid dienone is 4. The topological polar surface area (TPSA) is 64.8 Å². The predicted molar refractivity (Wildman–Crippen MR) is 105 cm³/mol. The molecule has 2 N–H and O–H groups in total. The van der Waals surface area contributed by atoms with Gasteiger partial charge in [0.15, 0.2) is 0 Å². The van der Waals surface area contributed by atoms with Gasteiger partial charge in [-0.3, -0.25) is 4.79 Å². The second-order valence-corrected chi connectivity index (χ2v) is 8.02. The van der Waals surface area contributed by atoms with Crippen LogP contribution in [0.3, 0.4) is 0 Å². The first kappa shape index (κ1) is 21.6. The first-order valence-corrected chi connectivity index (χ1v) is 9.91. The van der Waals surface area contributed by atoms with Crippen LogP contribution in [0, 0.1) is 11.2 Å². The molecule has 0 radical (unpaired) electrons. The highest BCUT2D eigenvalue weighted by molar-refractivity contribution is 5.95. The third-order valence-corrected chi connectivity index (χ3v) is 5.72. The first-order chi connectivity index (χ1) is 14.6. The molecule has 3 aliphatic rings. The number of hydrogen-bond acceptors (Lipinski definition) is 4. The lowest BCUT2D eigenvalue weighted by Crippen LogP contribution is -2.41. The van der Waals surface area contributed by atoms with E-state index in [4.69, 9.17) is 15.2 Å². The van der Waals surface area contributed by atoms with Gasteiger partial charge in [0.25, 0.3) is 5.91 Å². The fraction of sp³-hybridized carbons (Fsp3) is 0.409. The van der Waals surface area contributed by atoms with Gasteiger partial charge in [-0.25, -0.2) is 4.39 Å². The van der Waals surface area contributed by atoms with E-state index < -0.39 is 28.9 Å². The molecule has 1 atom stereocenters. The fourth-order valence-electron chi connectivity index (χ4n) is 4.20. The number of alkyl halides is 3. The van der Waals surface area contributed by atoms with Crippen molar-refractivity contribution in [3.63, 3.8) is 0 Å². The van der Waals surface area contributed by atoms with Gasteiger partial charge in [0, 0.05) is 13.1 Å². The van der Waals surface area contributed by atoms with Crippen LogP contribution in [0.2, 0.25) is 0 Å². The number of benzene rings is 1. The number of nitrogens with two attached hydrogens (primary N) is 1. The Kier molecular flexibility index (Phi) is 5.43. The number of carbonyl (C=O) groups excluding carboxylic acids is 1. The molecule has 1 aliphatic carbocycles. The summed E-state index contributed by atoms with van der Waals surface area (Å²) >= 11 is 0. The van der Waals surface area contributed by atoms with Crippen molar-refractivity contribution in [3.8, 4) is 0 Å². The maximum atomic E-state index is 14.5. The number of carbonyl (C=O) groups is 1. The van der Waals surface area contributed by atoms with Crippen molar-refractivity contribution in [1.29, 1.82) is 0 Å². The van der Waals surface area contributed by atoms with Gasteiger partial charge in [0.2, 0.25) is 0 Å². The SMILES string of the molecule is CC12C=C(CN)OC1=C(C(F)(F)F)C=C(c1ccc(F)c(C(=O)N3CCOCC3)c1)C2. The number of hydrogen-bond donors (Lipinski definition) is 1. The van der Waals surface area contributed by atoms with Crippen molar-refractivity contribution in [2.24, 2.45) is 11.1 Å². The molecule has 0 saturated carbocycles. The van der Waals surface area contributed by atoms with Gasteiger partial charge in [0.1, 0.15) is 17.3 Å². The Morgan fingerprint density at radius 3 is 2.61 bits per heavy atom. The zero-order valence-corrected chi connectivity index (χ0v) is 16.9. The Balaban J connectivity index is 1.74. The van der Waals surface area contributed by atoms with E-state index in [1.165, 1.54) is 17.0 Å². The Hall–Kier alpha value is -2.65. The van der Waals surface area contributed by atoms with Gasteiger partial charge in [-0.2, -0.15) is 13.2 Å². The number of ether oxygens (including phenoxy) is 2. The van der Waals surface area contributed by atoms with Gasteiger partial charge in [0.05, 0.1) is 36.3 Å². The number of halogens is 4. The average molecular weight is 438 g/mol. The largest absolute Gasteiger partial charge is 0.463 e. The van der Waals surface area contributed by atoms with Crippen LogP contribution in [0.5, 0.6) is 0 Å². The maximum absolute atomic E-state index is 14.5. The number of rotatable bonds is 3. The quantitative estimate of drug-likeness (QED) is 0.730. The lowest BCUT2D eigenvalue weighted by atomic mass is 9.74. The molecular weight excluding hydrogens is 416 g/mol. The van der Waals surface area contributed by atoms with E-state index in [1.54, 1.807) is 13.0 Å². The minimum Gasteiger partial charge on any atom is -0.463 e. The van der Waals surface area contributed by atoms with E-state index in [9.17, 15) is 22.4 Å². The molecule has 0 bridgehead atoms. The average Bonchev–Trinajstić information content (AvgIpc) is 3.09. The summed E-state index contributed by atoms with van der Waals surface area (Å²) in [6.07, 6.45) is -1.83. The molecule has 2 aliphatic heterocycles. The third kappa shape index (κ3) is 3.99. The number of nitrogens with zero attached hydrogens (tertiary/aromatic N) is 1. The lowest BCUT2D eigenvalue weighted by molar-refractivity contribution is -0.0924. The summed E-state index contributed by atoms with van der Waals surface area (Å²) in [4.78, 5) is 14.3. The van der Waals surface area contributed by atoms with Crippen LogP contribution in [-0.4, -0.2) is 49.8 Å². The van der Waals surface area contributed by atoms with Gasteiger partial charge >= 0.3 is 6.18 Å². The van der Waals surface area contributed by atoms with Crippen LogP contribution < -0.4 is 5.73 Å². The summed E-state index contributed by atoms with van der Waals surface area (Å²) in [7, 11) is 0. The summed E-state index contributed by atoms with van der Waals surface area (Å²) in [5.74, 6) is -1.14. The molecule has 1 aromatic carbocycles. The smallest absolute Gasteiger partial charge is 0.419 e. The molecule has 1 aromatic rings. The van der Waals surface area contributed by atoms with Gasteiger partial charge in [-0.15, -0.1) is 0 Å². The molecule has 1 saturated heterocycles. The van der Waals surface area contributed by atoms with Gasteiger partial charge in [-0.05, 0) is 48.8 Å². The fourth-order valence-corrected chi connectivity index (χ4v) is 4.20. The Morgan fingerprint density at radius 1 is 1.26 bits per heavy atom. The Morgan fingerprint density at radius 2 is 1.97 bits per heavy atom. The van der Waals surface area contributed by atoms with Crippen molar-refractivity contribution in [1.82, 2.24) is 4.90 Å². The second kappa shape index (κ2) is 7.80. The highest BCUT2D eigenvalue weighted by Gasteiger charge is 2.48. The van der Waals surface area contributed by atoms with Crippen LogP contribution in [-0.2, 0) is 9.47 Å². The molecule has 5 nitrogen and oxygen atoms in total. The molecule has 1 fully saturated rings. The number of morpholine rings is 1. The normalized spacial score (nSPS) is 23.9. The molecule has 0 aromatic heterocycles. The van der Waals surface area contributed by atoms with E-state index in [1.807, 2.05) is 0 Å². The molecule has 4 rings (SSSR count). The monoisotopic (exact) mass is 438 g/mol. The number of amides is 1. The van der Waals surface area contributed by atoms with Crippen molar-refractivity contribution in [2.75, 3.05) is 32.8 Å². The number of fused-ring (bicyclic) bond motifs is 1. The first-order valence-electron chi connectivity index (χ1n) is 9.91. The van der Waals surface area contributed by atoms with Crippen LogP contribution in [0.15, 0.2) is 47.4 Å². The van der Waals surface area contributed by atoms with E-state index in [-0.39, 0.29) is 30.0 Å². The zero-order chi connectivity index (χ0) is 22.4. The maximum Gasteiger partial charge on any atom is 0.419 e. The summed E-state index contributed by atoms with van der Waals surface area (Å²) < 4.78 is 66.5. The molecular formula is C22H22F4N2O3. The second-order valence-electron chi connectivity index (χ2n) is 8.02. The summed E-state index contributed by atoms with van der Waals surface area (Å²) in [5.41, 5.74) is 4.17.